The highest BCUT2D eigenvalue weighted by Gasteiger charge is 2.36. The van der Waals surface area contributed by atoms with Crippen LogP contribution < -0.4 is 0 Å². The lowest BCUT2D eigenvalue weighted by Gasteiger charge is -2.34. The Morgan fingerprint density at radius 3 is 2.33 bits per heavy atom. The Morgan fingerprint density at radius 1 is 1.03 bits per heavy atom. The number of sulfone groups is 1. The highest BCUT2D eigenvalue weighted by atomic mass is 32.2. The maximum atomic E-state index is 13.5. The van der Waals surface area contributed by atoms with E-state index in [1.54, 1.807) is 17.0 Å². The van der Waals surface area contributed by atoms with Gasteiger partial charge in [-0.2, -0.15) is 4.31 Å². The molecular weight excluding hydrogens is 498 g/mol. The van der Waals surface area contributed by atoms with Crippen LogP contribution in [0.25, 0.3) is 0 Å². The van der Waals surface area contributed by atoms with Crippen LogP contribution in [0, 0.1) is 5.92 Å². The van der Waals surface area contributed by atoms with E-state index in [1.165, 1.54) is 22.0 Å². The third-order valence-corrected chi connectivity index (χ3v) is 10.4. The van der Waals surface area contributed by atoms with Gasteiger partial charge in [-0.05, 0) is 36.1 Å². The second-order valence-electron chi connectivity index (χ2n) is 10.1. The van der Waals surface area contributed by atoms with Gasteiger partial charge in [-0.3, -0.25) is 9.69 Å². The molecule has 0 radical (unpaired) electrons. The second kappa shape index (κ2) is 11.0. The molecule has 4 rings (SSSR count). The minimum absolute atomic E-state index is 0.0449. The number of carbonyl (C=O) groups is 1. The van der Waals surface area contributed by atoms with Crippen LogP contribution in [0.15, 0.2) is 59.5 Å². The summed E-state index contributed by atoms with van der Waals surface area (Å²) in [5, 5.41) is 0. The summed E-state index contributed by atoms with van der Waals surface area (Å²) in [6.45, 7) is 7.17. The predicted molar refractivity (Wildman–Crippen MR) is 140 cm³/mol. The molecule has 0 aromatic heterocycles. The summed E-state index contributed by atoms with van der Waals surface area (Å²) in [6, 6.07) is 15.9. The molecule has 2 aliphatic heterocycles. The molecule has 0 saturated carbocycles. The molecule has 2 aromatic carbocycles. The van der Waals surface area contributed by atoms with E-state index in [-0.39, 0.29) is 39.8 Å². The molecular formula is C26H35N3O5S2. The van der Waals surface area contributed by atoms with Crippen LogP contribution in [0.5, 0.6) is 0 Å². The molecule has 1 atom stereocenters. The molecule has 0 spiro atoms. The Kier molecular flexibility index (Phi) is 8.18. The quantitative estimate of drug-likeness (QED) is 0.518. The van der Waals surface area contributed by atoms with Crippen molar-refractivity contribution in [1.82, 2.24) is 14.1 Å². The maximum Gasteiger partial charge on any atom is 0.254 e. The molecule has 2 fully saturated rings. The molecule has 2 aromatic rings. The Balaban J connectivity index is 1.47. The number of benzene rings is 2. The van der Waals surface area contributed by atoms with Gasteiger partial charge in [0.05, 0.1) is 16.4 Å². The van der Waals surface area contributed by atoms with Gasteiger partial charge < -0.3 is 4.90 Å². The summed E-state index contributed by atoms with van der Waals surface area (Å²) < 4.78 is 52.4. The zero-order valence-corrected chi connectivity index (χ0v) is 22.5. The van der Waals surface area contributed by atoms with Gasteiger partial charge in [0.25, 0.3) is 5.91 Å². The fraction of sp³-hybridized carbons (Fsp3) is 0.500. The molecule has 2 saturated heterocycles. The van der Waals surface area contributed by atoms with Gasteiger partial charge in [-0.15, -0.1) is 0 Å². The number of carbonyl (C=O) groups excluding carboxylic acids is 1. The molecule has 0 aliphatic carbocycles. The van der Waals surface area contributed by atoms with Crippen molar-refractivity contribution in [2.75, 3.05) is 44.2 Å². The maximum absolute atomic E-state index is 13.5. The highest BCUT2D eigenvalue weighted by Crippen LogP contribution is 2.24. The zero-order chi connectivity index (χ0) is 25.9. The van der Waals surface area contributed by atoms with E-state index in [1.807, 2.05) is 32.0 Å². The number of amides is 1. The van der Waals surface area contributed by atoms with Crippen LogP contribution in [0.4, 0.5) is 0 Å². The van der Waals surface area contributed by atoms with E-state index in [2.05, 4.69) is 17.0 Å². The summed E-state index contributed by atoms with van der Waals surface area (Å²) in [5.41, 5.74) is 1.46. The molecule has 2 aliphatic rings. The lowest BCUT2D eigenvalue weighted by atomic mass is 10.1. The van der Waals surface area contributed by atoms with Crippen LogP contribution in [0.3, 0.4) is 0 Å². The number of sulfonamides is 1. The average molecular weight is 534 g/mol. The number of piperazine rings is 1. The van der Waals surface area contributed by atoms with Crippen molar-refractivity contribution in [2.24, 2.45) is 5.92 Å². The van der Waals surface area contributed by atoms with Crippen LogP contribution in [-0.2, 0) is 26.4 Å². The van der Waals surface area contributed by atoms with E-state index >= 15 is 0 Å². The van der Waals surface area contributed by atoms with Gasteiger partial charge in [0.1, 0.15) is 0 Å². The minimum Gasteiger partial charge on any atom is -0.334 e. The first-order valence-electron chi connectivity index (χ1n) is 12.4. The molecule has 196 valence electrons. The van der Waals surface area contributed by atoms with Crippen LogP contribution in [-0.4, -0.2) is 87.1 Å². The lowest BCUT2D eigenvalue weighted by Crippen LogP contribution is -2.48. The molecule has 10 heteroatoms. The third-order valence-electron chi connectivity index (χ3n) is 6.77. The van der Waals surface area contributed by atoms with Crippen LogP contribution >= 0.6 is 0 Å². The molecule has 0 N–H and O–H groups in total. The first kappa shape index (κ1) is 26.8. The first-order valence-corrected chi connectivity index (χ1v) is 15.7. The summed E-state index contributed by atoms with van der Waals surface area (Å²) in [6.07, 6.45) is 0.409. The van der Waals surface area contributed by atoms with E-state index < -0.39 is 19.9 Å². The Morgan fingerprint density at radius 2 is 1.72 bits per heavy atom. The predicted octanol–water partition coefficient (Wildman–Crippen LogP) is 2.48. The fourth-order valence-electron chi connectivity index (χ4n) is 4.89. The van der Waals surface area contributed by atoms with E-state index in [0.29, 0.717) is 39.1 Å². The Labute approximate surface area is 214 Å². The van der Waals surface area contributed by atoms with Crippen molar-refractivity contribution in [3.8, 4) is 0 Å². The van der Waals surface area contributed by atoms with E-state index in [0.717, 1.165) is 6.54 Å². The number of hydrogen-bond acceptors (Lipinski definition) is 6. The monoisotopic (exact) mass is 533 g/mol. The fourth-order valence-corrected chi connectivity index (χ4v) is 8.09. The Bertz CT molecular complexity index is 1270. The van der Waals surface area contributed by atoms with Gasteiger partial charge in [-0.1, -0.05) is 50.2 Å². The normalized spacial score (nSPS) is 21.0. The number of nitrogens with zero attached hydrogens (tertiary/aromatic N) is 3. The van der Waals surface area contributed by atoms with Crippen molar-refractivity contribution in [2.45, 2.75) is 37.8 Å². The molecule has 8 nitrogen and oxygen atoms in total. The summed E-state index contributed by atoms with van der Waals surface area (Å²) in [4.78, 5) is 17.4. The topological polar surface area (TPSA) is 95.1 Å². The van der Waals surface area contributed by atoms with Crippen molar-refractivity contribution < 1.29 is 21.6 Å². The summed E-state index contributed by atoms with van der Waals surface area (Å²) in [5.74, 6) is -0.145. The Hall–Kier alpha value is -2.27. The van der Waals surface area contributed by atoms with Crippen molar-refractivity contribution in [3.63, 3.8) is 0 Å². The molecule has 1 amide bonds. The zero-order valence-electron chi connectivity index (χ0n) is 20.9. The molecule has 2 heterocycles. The molecule has 36 heavy (non-hydrogen) atoms. The summed E-state index contributed by atoms with van der Waals surface area (Å²) >= 11 is 0. The highest BCUT2D eigenvalue weighted by molar-refractivity contribution is 7.91. The largest absolute Gasteiger partial charge is 0.334 e. The van der Waals surface area contributed by atoms with E-state index in [9.17, 15) is 21.6 Å². The van der Waals surface area contributed by atoms with Crippen LogP contribution in [0.2, 0.25) is 0 Å². The minimum atomic E-state index is -3.76. The van der Waals surface area contributed by atoms with Gasteiger partial charge in [0.2, 0.25) is 10.0 Å². The van der Waals surface area contributed by atoms with Crippen LogP contribution in [0.1, 0.15) is 36.2 Å². The first-order chi connectivity index (χ1) is 17.0. The van der Waals surface area contributed by atoms with Gasteiger partial charge in [-0.25, -0.2) is 16.8 Å². The number of rotatable bonds is 8. The summed E-state index contributed by atoms with van der Waals surface area (Å²) in [7, 11) is -6.92. The average Bonchev–Trinajstić information content (AvgIpc) is 3.22. The molecule has 0 unspecified atom stereocenters. The number of hydrogen-bond donors (Lipinski definition) is 0. The third kappa shape index (κ3) is 6.34. The smallest absolute Gasteiger partial charge is 0.254 e. The van der Waals surface area contributed by atoms with Gasteiger partial charge in [0, 0.05) is 50.9 Å². The van der Waals surface area contributed by atoms with Crippen molar-refractivity contribution in [1.29, 1.82) is 0 Å². The molecule has 0 bridgehead atoms. The van der Waals surface area contributed by atoms with Crippen molar-refractivity contribution in [3.05, 3.63) is 65.7 Å². The van der Waals surface area contributed by atoms with Gasteiger partial charge >= 0.3 is 0 Å². The SMILES string of the molecule is CC(C)CN(C(=O)c1cccc(S(=O)(=O)N2CCN(Cc3ccccc3)CC2)c1)[C@H]1CCS(=O)(=O)C1. The van der Waals surface area contributed by atoms with Crippen molar-refractivity contribution >= 4 is 25.8 Å². The lowest BCUT2D eigenvalue weighted by molar-refractivity contribution is 0.0672. The van der Waals surface area contributed by atoms with E-state index in [4.69, 9.17) is 0 Å². The standard InChI is InChI=1S/C26H35N3O5S2/c1-21(2)18-29(24-11-16-35(31,32)20-24)26(30)23-9-6-10-25(17-23)36(33,34)28-14-12-27(13-15-28)19-22-7-4-3-5-8-22/h3-10,17,21,24H,11-16,18-20H2,1-2H3/t24-/m0/s1. The van der Waals surface area contributed by atoms with Gasteiger partial charge in [0.15, 0.2) is 9.84 Å². The second-order valence-corrected chi connectivity index (χ2v) is 14.3.